The fraction of sp³-hybridized carbons (Fsp3) is 0.381. The molecule has 2 N–H and O–H groups in total. The lowest BCUT2D eigenvalue weighted by Crippen LogP contribution is -2.43. The number of nitrogens with one attached hydrogen (secondary N) is 2. The predicted molar refractivity (Wildman–Crippen MR) is 109 cm³/mol. The summed E-state index contributed by atoms with van der Waals surface area (Å²) in [6, 6.07) is 10.5. The molecule has 0 radical (unpaired) electrons. The molecule has 1 amide bonds. The van der Waals surface area contributed by atoms with Crippen LogP contribution in [0.5, 0.6) is 0 Å². The topological polar surface area (TPSA) is 78.5 Å². The quantitative estimate of drug-likeness (QED) is 0.732. The highest BCUT2D eigenvalue weighted by atomic mass is 32.2. The average molecular weight is 435 g/mol. The molecule has 0 aromatic heterocycles. The maximum Gasteiger partial charge on any atom is 0.276 e. The average Bonchev–Trinajstić information content (AvgIpc) is 3.38. The van der Waals surface area contributed by atoms with E-state index >= 15 is 0 Å². The molecular formula is C21H23F2N3O3S. The van der Waals surface area contributed by atoms with Gasteiger partial charge < -0.3 is 4.90 Å². The van der Waals surface area contributed by atoms with E-state index in [1.165, 1.54) is 25.2 Å². The maximum atomic E-state index is 14.3. The van der Waals surface area contributed by atoms with Crippen molar-refractivity contribution in [1.82, 2.24) is 14.3 Å². The van der Waals surface area contributed by atoms with Crippen LogP contribution >= 0.6 is 0 Å². The van der Waals surface area contributed by atoms with Crippen LogP contribution in [-0.2, 0) is 15.0 Å². The van der Waals surface area contributed by atoms with Gasteiger partial charge in [0.1, 0.15) is 11.6 Å². The number of carbonyl (C=O) groups excluding carboxylic acids is 1. The number of benzene rings is 2. The highest BCUT2D eigenvalue weighted by molar-refractivity contribution is 7.87. The first-order valence-electron chi connectivity index (χ1n) is 9.83. The summed E-state index contributed by atoms with van der Waals surface area (Å²) < 4.78 is 56.7. The second-order valence-corrected chi connectivity index (χ2v) is 9.38. The molecule has 160 valence electrons. The van der Waals surface area contributed by atoms with Crippen molar-refractivity contribution in [3.05, 3.63) is 59.7 Å². The van der Waals surface area contributed by atoms with E-state index in [9.17, 15) is 22.0 Å². The van der Waals surface area contributed by atoms with Crippen molar-refractivity contribution in [3.8, 4) is 11.1 Å². The van der Waals surface area contributed by atoms with E-state index in [4.69, 9.17) is 0 Å². The van der Waals surface area contributed by atoms with Crippen LogP contribution in [0.15, 0.2) is 42.5 Å². The summed E-state index contributed by atoms with van der Waals surface area (Å²) in [5.41, 5.74) is 1.15. The van der Waals surface area contributed by atoms with Crippen LogP contribution < -0.4 is 9.44 Å². The van der Waals surface area contributed by atoms with Crippen LogP contribution in [-0.4, -0.2) is 45.4 Å². The minimum absolute atomic E-state index is 0.0463. The molecule has 4 rings (SSSR count). The summed E-state index contributed by atoms with van der Waals surface area (Å²) in [6.07, 6.45) is 1.15. The number of likely N-dealkylation sites (tertiary alicyclic amines) is 1. The monoisotopic (exact) mass is 435 g/mol. The second-order valence-electron chi connectivity index (χ2n) is 7.73. The molecule has 0 spiro atoms. The summed E-state index contributed by atoms with van der Waals surface area (Å²) >= 11 is 0. The Morgan fingerprint density at radius 1 is 1.10 bits per heavy atom. The Bertz CT molecular complexity index is 1060. The minimum Gasteiger partial charge on any atom is -0.341 e. The lowest BCUT2D eigenvalue weighted by Gasteiger charge is -2.18. The molecule has 1 saturated heterocycles. The summed E-state index contributed by atoms with van der Waals surface area (Å²) in [4.78, 5) is 14.6. The van der Waals surface area contributed by atoms with Crippen molar-refractivity contribution in [2.75, 3.05) is 20.1 Å². The first-order chi connectivity index (χ1) is 14.3. The number of hydrogen-bond acceptors (Lipinski definition) is 3. The Morgan fingerprint density at radius 3 is 2.50 bits per heavy atom. The zero-order chi connectivity index (χ0) is 21.5. The van der Waals surface area contributed by atoms with E-state index in [0.717, 1.165) is 5.56 Å². The summed E-state index contributed by atoms with van der Waals surface area (Å²) in [6.45, 7) is 0.787. The van der Waals surface area contributed by atoms with Crippen LogP contribution in [0.3, 0.4) is 0 Å². The molecule has 1 saturated carbocycles. The number of nitrogens with zero attached hydrogens (tertiary/aromatic N) is 1. The predicted octanol–water partition coefficient (Wildman–Crippen LogP) is 2.39. The van der Waals surface area contributed by atoms with Gasteiger partial charge in [-0.05, 0) is 42.0 Å². The Labute approximate surface area is 174 Å². The number of halogens is 2. The van der Waals surface area contributed by atoms with E-state index in [2.05, 4.69) is 9.44 Å². The lowest BCUT2D eigenvalue weighted by atomic mass is 9.95. The van der Waals surface area contributed by atoms with Crippen molar-refractivity contribution in [2.45, 2.75) is 24.8 Å². The minimum atomic E-state index is -3.56. The van der Waals surface area contributed by atoms with Crippen LogP contribution in [0, 0.1) is 17.6 Å². The molecule has 9 heteroatoms. The Hall–Kier alpha value is -2.36. The fourth-order valence-electron chi connectivity index (χ4n) is 4.18. The van der Waals surface area contributed by atoms with Gasteiger partial charge in [-0.1, -0.05) is 30.3 Å². The zero-order valence-electron chi connectivity index (χ0n) is 16.4. The van der Waals surface area contributed by atoms with E-state index < -0.39 is 21.8 Å². The van der Waals surface area contributed by atoms with Gasteiger partial charge in [0.05, 0.1) is 5.56 Å². The standard InChI is InChI=1S/C21H23F2N3O3S/c1-24-30(28,29)25-13-9-10-26(12-13)21(27)17-11-16(17)14-5-2-3-6-15(14)20-18(22)7-4-8-19(20)23/h2-8,13,16-17,24-25H,9-12H2,1H3/t13-,16-,17+/m0/s1. The molecule has 1 aliphatic carbocycles. The highest BCUT2D eigenvalue weighted by Gasteiger charge is 2.48. The van der Waals surface area contributed by atoms with Gasteiger partial charge in [0.25, 0.3) is 10.2 Å². The third-order valence-corrected chi connectivity index (χ3v) is 6.97. The van der Waals surface area contributed by atoms with Gasteiger partial charge in [0.15, 0.2) is 0 Å². The van der Waals surface area contributed by atoms with Crippen molar-refractivity contribution in [2.24, 2.45) is 5.92 Å². The van der Waals surface area contributed by atoms with Gasteiger partial charge in [-0.2, -0.15) is 13.1 Å². The number of rotatable bonds is 6. The molecule has 0 unspecified atom stereocenters. The maximum absolute atomic E-state index is 14.3. The van der Waals surface area contributed by atoms with E-state index in [1.807, 2.05) is 6.07 Å². The second kappa shape index (κ2) is 8.05. The molecule has 1 heterocycles. The Morgan fingerprint density at radius 2 is 1.80 bits per heavy atom. The number of amides is 1. The molecule has 2 fully saturated rings. The van der Waals surface area contributed by atoms with Crippen LogP contribution in [0.1, 0.15) is 24.3 Å². The Kier molecular flexibility index (Phi) is 5.61. The summed E-state index contributed by atoms with van der Waals surface area (Å²) in [5.74, 6) is -1.69. The van der Waals surface area contributed by atoms with Gasteiger partial charge >= 0.3 is 0 Å². The van der Waals surface area contributed by atoms with E-state index in [0.29, 0.717) is 31.5 Å². The molecule has 2 aromatic carbocycles. The largest absolute Gasteiger partial charge is 0.341 e. The normalized spacial score (nSPS) is 23.6. The summed E-state index contributed by atoms with van der Waals surface area (Å²) in [7, 11) is -2.24. The van der Waals surface area contributed by atoms with Gasteiger partial charge in [0.2, 0.25) is 5.91 Å². The SMILES string of the molecule is CNS(=O)(=O)N[C@H]1CCN(C(=O)[C@@H]2C[C@H]2c2ccccc2-c2c(F)cccc2F)C1. The van der Waals surface area contributed by atoms with Crippen LogP contribution in [0.2, 0.25) is 0 Å². The number of carbonyl (C=O) groups is 1. The van der Waals surface area contributed by atoms with Gasteiger partial charge in [-0.15, -0.1) is 0 Å². The summed E-state index contributed by atoms with van der Waals surface area (Å²) in [5, 5.41) is 0. The molecular weight excluding hydrogens is 412 g/mol. The third kappa shape index (κ3) is 4.10. The van der Waals surface area contributed by atoms with Crippen LogP contribution in [0.25, 0.3) is 11.1 Å². The number of hydrogen-bond donors (Lipinski definition) is 2. The molecule has 1 aliphatic heterocycles. The first-order valence-corrected chi connectivity index (χ1v) is 11.3. The van der Waals surface area contributed by atoms with Crippen molar-refractivity contribution in [1.29, 1.82) is 0 Å². The smallest absolute Gasteiger partial charge is 0.276 e. The molecule has 30 heavy (non-hydrogen) atoms. The lowest BCUT2D eigenvalue weighted by molar-refractivity contribution is -0.131. The first kappa shape index (κ1) is 20.9. The molecule has 3 atom stereocenters. The van der Waals surface area contributed by atoms with Crippen molar-refractivity contribution >= 4 is 16.1 Å². The molecule has 2 aliphatic rings. The van der Waals surface area contributed by atoms with E-state index in [1.54, 1.807) is 23.1 Å². The third-order valence-electron chi connectivity index (χ3n) is 5.79. The molecule has 0 bridgehead atoms. The molecule has 6 nitrogen and oxygen atoms in total. The zero-order valence-corrected chi connectivity index (χ0v) is 17.3. The Balaban J connectivity index is 1.49. The van der Waals surface area contributed by atoms with Crippen LogP contribution in [0.4, 0.5) is 8.78 Å². The van der Waals surface area contributed by atoms with Gasteiger partial charge in [-0.3, -0.25) is 4.79 Å². The van der Waals surface area contributed by atoms with Crippen molar-refractivity contribution < 1.29 is 22.0 Å². The molecule has 2 aromatic rings. The fourth-order valence-corrected chi connectivity index (χ4v) is 4.93. The highest BCUT2D eigenvalue weighted by Crippen LogP contribution is 2.51. The van der Waals surface area contributed by atoms with E-state index in [-0.39, 0.29) is 29.3 Å². The van der Waals surface area contributed by atoms with Crippen molar-refractivity contribution in [3.63, 3.8) is 0 Å². The van der Waals surface area contributed by atoms with Gasteiger partial charge in [0, 0.05) is 32.1 Å². The van der Waals surface area contributed by atoms with Gasteiger partial charge in [-0.25, -0.2) is 13.5 Å².